The molecule has 164 valence electrons. The van der Waals surface area contributed by atoms with Crippen molar-refractivity contribution in [2.45, 2.75) is 24.8 Å². The zero-order chi connectivity index (χ0) is 22.2. The lowest BCUT2D eigenvalue weighted by Crippen LogP contribution is -2.08. The van der Waals surface area contributed by atoms with Crippen LogP contribution in [-0.4, -0.2) is 47.2 Å². The Hall–Kier alpha value is -2.81. The van der Waals surface area contributed by atoms with Gasteiger partial charge in [0.25, 0.3) is 0 Å². The predicted octanol–water partition coefficient (Wildman–Crippen LogP) is 3.52. The van der Waals surface area contributed by atoms with Crippen LogP contribution in [0, 0.1) is 0 Å². The number of benzene rings is 2. The number of thioether (sulfide) groups is 1. The second-order valence-electron chi connectivity index (χ2n) is 6.79. The minimum Gasteiger partial charge on any atom is -0.493 e. The van der Waals surface area contributed by atoms with E-state index in [1.165, 1.54) is 11.8 Å². The van der Waals surface area contributed by atoms with Gasteiger partial charge in [-0.2, -0.15) is 0 Å². The van der Waals surface area contributed by atoms with E-state index in [2.05, 4.69) is 15.3 Å². The number of ether oxygens (including phenoxy) is 2. The third-order valence-corrected chi connectivity index (χ3v) is 5.45. The maximum absolute atomic E-state index is 9.59. The van der Waals surface area contributed by atoms with Gasteiger partial charge in [0.1, 0.15) is 5.82 Å². The van der Waals surface area contributed by atoms with Gasteiger partial charge in [-0.1, -0.05) is 30.0 Å². The molecule has 7 nitrogen and oxygen atoms in total. The second-order valence-corrected chi connectivity index (χ2v) is 7.56. The Morgan fingerprint density at radius 2 is 1.68 bits per heavy atom. The van der Waals surface area contributed by atoms with Gasteiger partial charge in [-0.3, -0.25) is 0 Å². The molecule has 8 heteroatoms. The molecule has 31 heavy (non-hydrogen) atoms. The van der Waals surface area contributed by atoms with Crippen molar-refractivity contribution >= 4 is 17.6 Å². The van der Waals surface area contributed by atoms with Crippen molar-refractivity contribution in [1.29, 1.82) is 0 Å². The van der Waals surface area contributed by atoms with E-state index in [4.69, 9.17) is 9.47 Å². The van der Waals surface area contributed by atoms with Crippen molar-refractivity contribution in [3.05, 3.63) is 59.2 Å². The van der Waals surface area contributed by atoms with Gasteiger partial charge in [-0.15, -0.1) is 0 Å². The van der Waals surface area contributed by atoms with Crippen LogP contribution in [0.1, 0.15) is 16.7 Å². The summed E-state index contributed by atoms with van der Waals surface area (Å²) in [5, 5.41) is 23.0. The lowest BCUT2D eigenvalue weighted by molar-refractivity contribution is 0.260. The van der Waals surface area contributed by atoms with Crippen LogP contribution in [0.25, 0.3) is 11.3 Å². The molecule has 0 saturated heterocycles. The number of aliphatic hydroxyl groups excluding tert-OH is 2. The molecule has 3 N–H and O–H groups in total. The van der Waals surface area contributed by atoms with Gasteiger partial charge >= 0.3 is 0 Å². The normalized spacial score (nSPS) is 10.7. The number of hydrogen-bond acceptors (Lipinski definition) is 8. The smallest absolute Gasteiger partial charge is 0.189 e. The van der Waals surface area contributed by atoms with E-state index in [0.29, 0.717) is 34.3 Å². The predicted molar refractivity (Wildman–Crippen MR) is 123 cm³/mol. The van der Waals surface area contributed by atoms with E-state index >= 15 is 0 Å². The van der Waals surface area contributed by atoms with Crippen LogP contribution < -0.4 is 14.8 Å². The highest BCUT2D eigenvalue weighted by Gasteiger charge is 2.10. The number of hydrogen-bond donors (Lipinski definition) is 3. The topological polar surface area (TPSA) is 96.7 Å². The van der Waals surface area contributed by atoms with Gasteiger partial charge in [-0.05, 0) is 47.6 Å². The zero-order valence-corrected chi connectivity index (χ0v) is 18.7. The number of anilines is 1. The molecule has 0 atom stereocenters. The van der Waals surface area contributed by atoms with Crippen molar-refractivity contribution in [3.8, 4) is 22.8 Å². The first kappa shape index (κ1) is 22.9. The molecular formula is C23H27N3O4S. The molecule has 1 heterocycles. The molecule has 0 aliphatic heterocycles. The number of rotatable bonds is 10. The Kier molecular flexibility index (Phi) is 8.11. The third-order valence-electron chi connectivity index (χ3n) is 4.90. The van der Waals surface area contributed by atoms with E-state index in [1.807, 2.05) is 48.7 Å². The first-order valence-corrected chi connectivity index (χ1v) is 11.1. The molecule has 0 amide bonds. The van der Waals surface area contributed by atoms with Crippen LogP contribution in [-0.2, 0) is 19.6 Å². The third kappa shape index (κ3) is 5.66. The fourth-order valence-electron chi connectivity index (χ4n) is 3.21. The molecule has 3 rings (SSSR count). The summed E-state index contributed by atoms with van der Waals surface area (Å²) in [6, 6.07) is 13.3. The van der Waals surface area contributed by atoms with Crippen LogP contribution in [0.4, 0.5) is 5.82 Å². The van der Waals surface area contributed by atoms with Crippen molar-refractivity contribution in [2.75, 3.05) is 32.3 Å². The maximum atomic E-state index is 9.59. The summed E-state index contributed by atoms with van der Waals surface area (Å²) in [4.78, 5) is 9.15. The van der Waals surface area contributed by atoms with Crippen LogP contribution >= 0.6 is 11.8 Å². The zero-order valence-electron chi connectivity index (χ0n) is 17.9. The summed E-state index contributed by atoms with van der Waals surface area (Å²) in [5.74, 6) is 2.14. The van der Waals surface area contributed by atoms with Crippen LogP contribution in [0.15, 0.2) is 47.6 Å². The van der Waals surface area contributed by atoms with Crippen LogP contribution in [0.3, 0.4) is 0 Å². The average molecular weight is 442 g/mol. The van der Waals surface area contributed by atoms with Gasteiger partial charge in [0, 0.05) is 18.2 Å². The van der Waals surface area contributed by atoms with Crippen LogP contribution in [0.2, 0.25) is 0 Å². The number of methoxy groups -OCH3 is 2. The molecule has 0 bridgehead atoms. The summed E-state index contributed by atoms with van der Waals surface area (Å²) < 4.78 is 10.7. The van der Waals surface area contributed by atoms with Crippen molar-refractivity contribution in [3.63, 3.8) is 0 Å². The molecule has 0 spiro atoms. The molecule has 0 unspecified atom stereocenters. The largest absolute Gasteiger partial charge is 0.493 e. The molecule has 1 aromatic heterocycles. The Balaban J connectivity index is 1.77. The van der Waals surface area contributed by atoms with E-state index in [0.717, 1.165) is 29.1 Å². The molecule has 0 aliphatic carbocycles. The Morgan fingerprint density at radius 1 is 0.903 bits per heavy atom. The highest BCUT2D eigenvalue weighted by molar-refractivity contribution is 7.98. The first-order chi connectivity index (χ1) is 15.1. The minimum absolute atomic E-state index is 0.112. The molecule has 0 saturated carbocycles. The van der Waals surface area contributed by atoms with Gasteiger partial charge in [0.05, 0.1) is 33.1 Å². The summed E-state index contributed by atoms with van der Waals surface area (Å²) in [5.41, 5.74) is 4.14. The highest BCUT2D eigenvalue weighted by Crippen LogP contribution is 2.28. The van der Waals surface area contributed by atoms with E-state index in [1.54, 1.807) is 14.2 Å². The number of aromatic nitrogens is 2. The highest BCUT2D eigenvalue weighted by atomic mass is 32.2. The average Bonchev–Trinajstić information content (AvgIpc) is 2.83. The summed E-state index contributed by atoms with van der Waals surface area (Å²) in [6.45, 7) is 0.435. The molecule has 0 radical (unpaired) electrons. The number of nitrogens with zero attached hydrogens (tertiary/aromatic N) is 2. The molecule has 3 aromatic rings. The van der Waals surface area contributed by atoms with Gasteiger partial charge in [0.15, 0.2) is 16.7 Å². The molecule has 2 aromatic carbocycles. The standard InChI is InChI=1S/C23H27N3O4S/c1-29-20-7-4-15(10-21(20)30-2)8-9-24-22-12-19(25-23(26-22)31-3)16-5-6-17(13-27)18(11-16)14-28/h4-7,10-12,27-28H,8-9,13-14H2,1-3H3,(H,24,25,26). The van der Waals surface area contributed by atoms with Gasteiger partial charge < -0.3 is 25.0 Å². The number of nitrogens with one attached hydrogen (secondary N) is 1. The lowest BCUT2D eigenvalue weighted by atomic mass is 10.0. The minimum atomic E-state index is -0.138. The van der Waals surface area contributed by atoms with E-state index < -0.39 is 0 Å². The molecule has 0 fully saturated rings. The fourth-order valence-corrected chi connectivity index (χ4v) is 3.59. The molecule has 0 aliphatic rings. The van der Waals surface area contributed by atoms with Crippen molar-refractivity contribution < 1.29 is 19.7 Å². The van der Waals surface area contributed by atoms with E-state index in [9.17, 15) is 10.2 Å². The fraction of sp³-hybridized carbons (Fsp3) is 0.304. The Morgan fingerprint density at radius 3 is 2.35 bits per heavy atom. The second kappa shape index (κ2) is 11.0. The SMILES string of the molecule is COc1ccc(CCNc2cc(-c3ccc(CO)c(CO)c3)nc(SC)n2)cc1OC. The summed E-state index contributed by atoms with van der Waals surface area (Å²) in [6.07, 6.45) is 2.72. The maximum Gasteiger partial charge on any atom is 0.189 e. The number of aliphatic hydroxyl groups is 2. The molecular weight excluding hydrogens is 414 g/mol. The summed E-state index contributed by atoms with van der Waals surface area (Å²) in [7, 11) is 3.25. The quantitative estimate of drug-likeness (QED) is 0.325. The van der Waals surface area contributed by atoms with Crippen molar-refractivity contribution in [1.82, 2.24) is 9.97 Å². The first-order valence-electron chi connectivity index (χ1n) is 9.83. The van der Waals surface area contributed by atoms with Gasteiger partial charge in [0.2, 0.25) is 0 Å². The van der Waals surface area contributed by atoms with E-state index in [-0.39, 0.29) is 13.2 Å². The lowest BCUT2D eigenvalue weighted by Gasteiger charge is -2.12. The summed E-state index contributed by atoms with van der Waals surface area (Å²) >= 11 is 1.47. The van der Waals surface area contributed by atoms with Crippen LogP contribution in [0.5, 0.6) is 11.5 Å². The Bertz CT molecular complexity index is 1030. The Labute approximate surface area is 186 Å². The monoisotopic (exact) mass is 441 g/mol. The van der Waals surface area contributed by atoms with Crippen molar-refractivity contribution in [2.24, 2.45) is 0 Å². The van der Waals surface area contributed by atoms with Gasteiger partial charge in [-0.25, -0.2) is 9.97 Å².